The van der Waals surface area contributed by atoms with Gasteiger partial charge in [0.2, 0.25) is 5.43 Å². The maximum Gasteiger partial charge on any atom is 0.266 e. The number of aromatic nitrogens is 2. The Labute approximate surface area is 225 Å². The number of fused-ring (bicyclic) bond motifs is 1. The highest BCUT2D eigenvalue weighted by molar-refractivity contribution is 7.07. The summed E-state index contributed by atoms with van der Waals surface area (Å²) in [5.74, 6) is 2.16. The van der Waals surface area contributed by atoms with Gasteiger partial charge in [-0.15, -0.1) is 11.3 Å². The van der Waals surface area contributed by atoms with E-state index in [4.69, 9.17) is 9.47 Å². The lowest BCUT2D eigenvalue weighted by molar-refractivity contribution is 0.211. The zero-order chi connectivity index (χ0) is 26.8. The fourth-order valence-electron chi connectivity index (χ4n) is 5.49. The SMILES string of the molecule is C=c1[nH]c(=O)/c(=C(/C)c2cccc(OCCOc3c(C4CCC(C)CC4)n(C)c4ccccc4c3=O)c2)s1. The topological polar surface area (TPSA) is 73.3 Å². The molecule has 1 aliphatic rings. The van der Waals surface area contributed by atoms with Crippen molar-refractivity contribution in [2.24, 2.45) is 13.0 Å². The average Bonchev–Trinajstić information content (AvgIpc) is 3.27. The van der Waals surface area contributed by atoms with Crippen molar-refractivity contribution in [1.29, 1.82) is 0 Å². The van der Waals surface area contributed by atoms with E-state index in [-0.39, 0.29) is 17.6 Å². The summed E-state index contributed by atoms with van der Waals surface area (Å²) in [6.45, 7) is 8.60. The van der Waals surface area contributed by atoms with Gasteiger partial charge in [-0.3, -0.25) is 9.59 Å². The van der Waals surface area contributed by atoms with Crippen LogP contribution in [-0.4, -0.2) is 22.8 Å². The van der Waals surface area contributed by atoms with E-state index in [1.807, 2.05) is 62.5 Å². The molecule has 38 heavy (non-hydrogen) atoms. The van der Waals surface area contributed by atoms with Crippen LogP contribution in [0.4, 0.5) is 0 Å². The molecule has 2 heterocycles. The van der Waals surface area contributed by atoms with Crippen LogP contribution < -0.4 is 29.7 Å². The van der Waals surface area contributed by atoms with Gasteiger partial charge in [0.15, 0.2) is 5.75 Å². The van der Waals surface area contributed by atoms with Crippen molar-refractivity contribution >= 4 is 34.4 Å². The number of aromatic amines is 1. The van der Waals surface area contributed by atoms with Gasteiger partial charge in [-0.1, -0.05) is 50.6 Å². The van der Waals surface area contributed by atoms with Crippen molar-refractivity contribution in [2.75, 3.05) is 13.2 Å². The average molecular weight is 531 g/mol. The minimum atomic E-state index is -0.127. The quantitative estimate of drug-likeness (QED) is 0.353. The number of nitrogens with one attached hydrogen (secondary N) is 1. The standard InChI is InChI=1S/C31H34N2O4S/c1-19-12-14-22(15-13-19)27-29(28(34)25-10-5-6-11-26(25)33(27)4)37-17-16-36-24-9-7-8-23(18-24)20(2)30-31(35)32-21(3)38-30/h5-11,18-19,22H,3,12-17H2,1-2,4H3,(H,32,35)/b30-20+. The number of H-pyrrole nitrogens is 1. The number of aryl methyl sites for hydroxylation is 1. The van der Waals surface area contributed by atoms with Crippen molar-refractivity contribution in [3.63, 3.8) is 0 Å². The van der Waals surface area contributed by atoms with Crippen molar-refractivity contribution in [1.82, 2.24) is 9.55 Å². The fourth-order valence-corrected chi connectivity index (χ4v) is 6.29. The van der Waals surface area contributed by atoms with E-state index in [1.165, 1.54) is 11.3 Å². The molecular formula is C31H34N2O4S. The summed E-state index contributed by atoms with van der Waals surface area (Å²) in [6.07, 6.45) is 4.44. The van der Waals surface area contributed by atoms with Gasteiger partial charge < -0.3 is 19.0 Å². The Kier molecular flexibility index (Phi) is 7.56. The molecule has 4 aromatic rings. The van der Waals surface area contributed by atoms with Crippen LogP contribution in [0.25, 0.3) is 23.1 Å². The zero-order valence-corrected chi connectivity index (χ0v) is 23.0. The summed E-state index contributed by atoms with van der Waals surface area (Å²) in [6, 6.07) is 15.4. The summed E-state index contributed by atoms with van der Waals surface area (Å²) in [5.41, 5.74) is 3.54. The molecule has 0 unspecified atom stereocenters. The number of para-hydroxylation sites is 1. The third kappa shape index (κ3) is 5.20. The second-order valence-corrected chi connectivity index (χ2v) is 11.3. The van der Waals surface area contributed by atoms with E-state index >= 15 is 0 Å². The number of pyridine rings is 1. The predicted octanol–water partition coefficient (Wildman–Crippen LogP) is 4.67. The summed E-state index contributed by atoms with van der Waals surface area (Å²) < 4.78 is 15.6. The fraction of sp³-hybridized carbons (Fsp3) is 0.355. The predicted molar refractivity (Wildman–Crippen MR) is 155 cm³/mol. The molecule has 1 saturated carbocycles. The summed E-state index contributed by atoms with van der Waals surface area (Å²) in [5, 5.41) is 0.673. The molecule has 1 fully saturated rings. The van der Waals surface area contributed by atoms with Gasteiger partial charge in [-0.25, -0.2) is 0 Å². The lowest BCUT2D eigenvalue weighted by Gasteiger charge is -2.30. The highest BCUT2D eigenvalue weighted by Crippen LogP contribution is 2.39. The Bertz CT molecular complexity index is 1690. The van der Waals surface area contributed by atoms with E-state index in [2.05, 4.69) is 23.1 Å². The Morgan fingerprint density at radius 1 is 1.05 bits per heavy atom. The molecule has 0 atom stereocenters. The van der Waals surface area contributed by atoms with Crippen LogP contribution in [0.15, 0.2) is 58.1 Å². The number of thiazole rings is 1. The molecule has 2 aromatic carbocycles. The van der Waals surface area contributed by atoms with E-state index in [0.29, 0.717) is 38.6 Å². The number of benzene rings is 2. The van der Waals surface area contributed by atoms with Crippen LogP contribution in [-0.2, 0) is 7.05 Å². The first kappa shape index (κ1) is 26.0. The zero-order valence-electron chi connectivity index (χ0n) is 22.2. The van der Waals surface area contributed by atoms with E-state index in [0.717, 1.165) is 53.9 Å². The Hall–Kier alpha value is -3.58. The second kappa shape index (κ2) is 11.0. The number of nitrogens with zero attached hydrogens (tertiary/aromatic N) is 1. The van der Waals surface area contributed by atoms with Crippen molar-refractivity contribution in [3.8, 4) is 11.5 Å². The molecule has 0 aliphatic heterocycles. The van der Waals surface area contributed by atoms with Crippen molar-refractivity contribution in [3.05, 3.63) is 89.6 Å². The minimum absolute atomic E-state index is 0.0505. The van der Waals surface area contributed by atoms with Gasteiger partial charge in [0.25, 0.3) is 5.56 Å². The third-order valence-electron chi connectivity index (χ3n) is 7.60. The molecule has 7 heteroatoms. The molecule has 0 radical (unpaired) electrons. The molecular weight excluding hydrogens is 496 g/mol. The van der Waals surface area contributed by atoms with Crippen LogP contribution in [0.2, 0.25) is 0 Å². The Morgan fingerprint density at radius 3 is 2.53 bits per heavy atom. The highest BCUT2D eigenvalue weighted by Gasteiger charge is 2.27. The summed E-state index contributed by atoms with van der Waals surface area (Å²) in [7, 11) is 2.04. The van der Waals surface area contributed by atoms with Crippen LogP contribution in [0.3, 0.4) is 0 Å². The summed E-state index contributed by atoms with van der Waals surface area (Å²) in [4.78, 5) is 28.5. The third-order valence-corrected chi connectivity index (χ3v) is 8.65. The molecule has 198 valence electrons. The largest absolute Gasteiger partial charge is 0.490 e. The van der Waals surface area contributed by atoms with Crippen LogP contribution >= 0.6 is 11.3 Å². The lowest BCUT2D eigenvalue weighted by Crippen LogP contribution is -2.23. The van der Waals surface area contributed by atoms with E-state index in [9.17, 15) is 9.59 Å². The van der Waals surface area contributed by atoms with Crippen molar-refractivity contribution < 1.29 is 9.47 Å². The van der Waals surface area contributed by atoms with Gasteiger partial charge >= 0.3 is 0 Å². The Balaban J connectivity index is 1.36. The second-order valence-electron chi connectivity index (χ2n) is 10.2. The first-order valence-corrected chi connectivity index (χ1v) is 14.0. The highest BCUT2D eigenvalue weighted by atomic mass is 32.1. The number of hydrogen-bond acceptors (Lipinski definition) is 5. The monoisotopic (exact) mass is 530 g/mol. The molecule has 0 saturated heterocycles. The molecule has 5 rings (SSSR count). The molecule has 0 bridgehead atoms. The van der Waals surface area contributed by atoms with E-state index in [1.54, 1.807) is 0 Å². The van der Waals surface area contributed by atoms with Gasteiger partial charge in [0.1, 0.15) is 19.0 Å². The molecule has 2 aromatic heterocycles. The van der Waals surface area contributed by atoms with Gasteiger partial charge in [0.05, 0.1) is 20.4 Å². The van der Waals surface area contributed by atoms with Gasteiger partial charge in [-0.05, 0) is 61.1 Å². The van der Waals surface area contributed by atoms with Gasteiger partial charge in [0, 0.05) is 18.4 Å². The van der Waals surface area contributed by atoms with E-state index < -0.39 is 0 Å². The Morgan fingerprint density at radius 2 is 1.79 bits per heavy atom. The molecule has 0 spiro atoms. The minimum Gasteiger partial charge on any atom is -0.490 e. The molecule has 6 nitrogen and oxygen atoms in total. The summed E-state index contributed by atoms with van der Waals surface area (Å²) >= 11 is 1.35. The van der Waals surface area contributed by atoms with Gasteiger partial charge in [-0.2, -0.15) is 0 Å². The molecule has 1 N–H and O–H groups in total. The maximum atomic E-state index is 13.5. The van der Waals surface area contributed by atoms with Crippen LogP contribution in [0, 0.1) is 5.92 Å². The first-order valence-electron chi connectivity index (χ1n) is 13.2. The molecule has 1 aliphatic carbocycles. The number of ether oxygens (including phenoxy) is 2. The smallest absolute Gasteiger partial charge is 0.266 e. The lowest BCUT2D eigenvalue weighted by atomic mass is 9.80. The van der Waals surface area contributed by atoms with Crippen molar-refractivity contribution in [2.45, 2.75) is 45.4 Å². The van der Waals surface area contributed by atoms with Crippen LogP contribution in [0.5, 0.6) is 11.5 Å². The number of hydrogen-bond donors (Lipinski definition) is 1. The van der Waals surface area contributed by atoms with Crippen LogP contribution in [0.1, 0.15) is 56.7 Å². The normalized spacial score (nSPS) is 18.4. The first-order chi connectivity index (χ1) is 18.3. The maximum absolute atomic E-state index is 13.5. The number of rotatable bonds is 7. The molecule has 0 amide bonds.